The predicted molar refractivity (Wildman–Crippen MR) is 68.9 cm³/mol. The van der Waals surface area contributed by atoms with Crippen molar-refractivity contribution in [1.29, 1.82) is 0 Å². The fraction of sp³-hybridized carbons (Fsp3) is 0.0714. The molecule has 2 aromatic rings. The van der Waals surface area contributed by atoms with Crippen LogP contribution in [0.5, 0.6) is 5.75 Å². The molecule has 2 N–H and O–H groups in total. The van der Waals surface area contributed by atoms with Gasteiger partial charge in [-0.1, -0.05) is 24.3 Å². The van der Waals surface area contributed by atoms with Crippen molar-refractivity contribution < 1.29 is 17.9 Å². The maximum atomic E-state index is 13.4. The lowest BCUT2D eigenvalue weighted by Crippen LogP contribution is -2.03. The van der Waals surface area contributed by atoms with Gasteiger partial charge in [0, 0.05) is 5.56 Å². The van der Waals surface area contributed by atoms with Crippen LogP contribution >= 0.6 is 0 Å². The predicted octanol–water partition coefficient (Wildman–Crippen LogP) is 2.98. The van der Waals surface area contributed by atoms with Gasteiger partial charge in [0.1, 0.15) is 6.61 Å². The molecule has 6 heteroatoms. The second-order valence-corrected chi connectivity index (χ2v) is 3.94. The lowest BCUT2D eigenvalue weighted by Gasteiger charge is -2.09. The number of hydrogen-bond acceptors (Lipinski definition) is 3. The maximum absolute atomic E-state index is 13.4. The number of hydrazone groups is 1. The third-order valence-electron chi connectivity index (χ3n) is 2.65. The van der Waals surface area contributed by atoms with Crippen LogP contribution in [-0.2, 0) is 6.61 Å². The van der Waals surface area contributed by atoms with Gasteiger partial charge >= 0.3 is 0 Å². The van der Waals surface area contributed by atoms with Crippen LogP contribution in [0.3, 0.4) is 0 Å². The van der Waals surface area contributed by atoms with Crippen molar-refractivity contribution in [2.24, 2.45) is 10.9 Å². The van der Waals surface area contributed by atoms with E-state index in [4.69, 9.17) is 10.6 Å². The number of rotatable bonds is 4. The molecule has 0 saturated carbocycles. The Morgan fingerprint density at radius 3 is 2.55 bits per heavy atom. The van der Waals surface area contributed by atoms with Crippen LogP contribution in [0.15, 0.2) is 41.5 Å². The number of halogens is 3. The van der Waals surface area contributed by atoms with E-state index in [1.165, 1.54) is 6.21 Å². The Kier molecular flexibility index (Phi) is 4.24. The van der Waals surface area contributed by atoms with Crippen molar-refractivity contribution >= 4 is 6.21 Å². The van der Waals surface area contributed by atoms with Gasteiger partial charge in [-0.05, 0) is 17.7 Å². The molecule has 0 atom stereocenters. The average molecular weight is 280 g/mol. The Balaban J connectivity index is 2.19. The lowest BCUT2D eigenvalue weighted by molar-refractivity contribution is 0.281. The normalized spacial score (nSPS) is 10.9. The molecule has 20 heavy (non-hydrogen) atoms. The van der Waals surface area contributed by atoms with Gasteiger partial charge in [0.2, 0.25) is 5.82 Å². The first-order chi connectivity index (χ1) is 9.63. The van der Waals surface area contributed by atoms with Gasteiger partial charge in [-0.3, -0.25) is 0 Å². The minimum atomic E-state index is -1.56. The fourth-order valence-electron chi connectivity index (χ4n) is 1.65. The molecule has 0 spiro atoms. The highest BCUT2D eigenvalue weighted by Gasteiger charge is 2.14. The van der Waals surface area contributed by atoms with Gasteiger partial charge in [-0.15, -0.1) is 0 Å². The zero-order valence-electron chi connectivity index (χ0n) is 10.3. The second kappa shape index (κ2) is 6.10. The number of nitrogens with two attached hydrogens (primary N) is 1. The van der Waals surface area contributed by atoms with Crippen molar-refractivity contribution in [1.82, 2.24) is 0 Å². The summed E-state index contributed by atoms with van der Waals surface area (Å²) >= 11 is 0. The molecule has 0 radical (unpaired) electrons. The van der Waals surface area contributed by atoms with Crippen molar-refractivity contribution in [2.45, 2.75) is 6.61 Å². The SMILES string of the molecule is NN=Cc1ccccc1COc1ccc(F)c(F)c1F. The van der Waals surface area contributed by atoms with Crippen LogP contribution in [0.1, 0.15) is 11.1 Å². The summed E-state index contributed by atoms with van der Waals surface area (Å²) in [5.74, 6) is 0.550. The van der Waals surface area contributed by atoms with Gasteiger partial charge in [0.25, 0.3) is 0 Å². The monoisotopic (exact) mass is 280 g/mol. The van der Waals surface area contributed by atoms with E-state index in [0.717, 1.165) is 12.1 Å². The van der Waals surface area contributed by atoms with Crippen molar-refractivity contribution in [3.8, 4) is 5.75 Å². The van der Waals surface area contributed by atoms with E-state index < -0.39 is 17.5 Å². The van der Waals surface area contributed by atoms with Crippen LogP contribution in [0.4, 0.5) is 13.2 Å². The number of nitrogens with zero attached hydrogens (tertiary/aromatic N) is 1. The fourth-order valence-corrected chi connectivity index (χ4v) is 1.65. The molecule has 3 nitrogen and oxygen atoms in total. The van der Waals surface area contributed by atoms with E-state index in [-0.39, 0.29) is 12.4 Å². The summed E-state index contributed by atoms with van der Waals surface area (Å²) in [5.41, 5.74) is 1.38. The molecule has 0 aliphatic carbocycles. The third kappa shape index (κ3) is 2.90. The maximum Gasteiger partial charge on any atom is 0.203 e. The number of benzene rings is 2. The number of ether oxygens (including phenoxy) is 1. The minimum absolute atomic E-state index is 0.0236. The summed E-state index contributed by atoms with van der Waals surface area (Å²) in [6, 6.07) is 8.85. The smallest absolute Gasteiger partial charge is 0.203 e. The molecule has 0 aromatic heterocycles. The second-order valence-electron chi connectivity index (χ2n) is 3.94. The van der Waals surface area contributed by atoms with Gasteiger partial charge < -0.3 is 10.6 Å². The highest BCUT2D eigenvalue weighted by Crippen LogP contribution is 2.23. The summed E-state index contributed by atoms with van der Waals surface area (Å²) in [6.07, 6.45) is 1.42. The summed E-state index contributed by atoms with van der Waals surface area (Å²) in [5, 5.41) is 3.40. The van der Waals surface area contributed by atoms with E-state index in [1.807, 2.05) is 0 Å². The van der Waals surface area contributed by atoms with Crippen LogP contribution in [0, 0.1) is 17.5 Å². The Morgan fingerprint density at radius 2 is 1.80 bits per heavy atom. The topological polar surface area (TPSA) is 47.6 Å². The zero-order valence-corrected chi connectivity index (χ0v) is 10.3. The van der Waals surface area contributed by atoms with Gasteiger partial charge in [0.15, 0.2) is 17.4 Å². The first-order valence-electron chi connectivity index (χ1n) is 5.71. The van der Waals surface area contributed by atoms with Crippen LogP contribution in [0.25, 0.3) is 0 Å². The minimum Gasteiger partial charge on any atom is -0.486 e. The quantitative estimate of drug-likeness (QED) is 0.405. The third-order valence-corrected chi connectivity index (χ3v) is 2.65. The average Bonchev–Trinajstić information content (AvgIpc) is 2.46. The molecule has 2 aromatic carbocycles. The number of hydrogen-bond donors (Lipinski definition) is 1. The van der Waals surface area contributed by atoms with Crippen LogP contribution in [-0.4, -0.2) is 6.21 Å². The van der Waals surface area contributed by atoms with E-state index in [0.29, 0.717) is 11.1 Å². The van der Waals surface area contributed by atoms with Gasteiger partial charge in [0.05, 0.1) is 6.21 Å². The standard InChI is InChI=1S/C14H11F3N2O/c15-11-5-6-12(14(17)13(11)16)20-8-10-4-2-1-3-9(10)7-19-18/h1-7H,8,18H2. The molecule has 0 aliphatic rings. The van der Waals surface area contributed by atoms with Crippen molar-refractivity contribution in [3.63, 3.8) is 0 Å². The molecule has 2 rings (SSSR count). The largest absolute Gasteiger partial charge is 0.486 e. The Labute approximate surface area is 113 Å². The summed E-state index contributed by atoms with van der Waals surface area (Å²) in [6.45, 7) is -0.0236. The molecule has 0 fully saturated rings. The summed E-state index contributed by atoms with van der Waals surface area (Å²) in [4.78, 5) is 0. The highest BCUT2D eigenvalue weighted by atomic mass is 19.2. The molecule has 0 bridgehead atoms. The van der Waals surface area contributed by atoms with Crippen molar-refractivity contribution in [2.75, 3.05) is 0 Å². The molecular formula is C14H11F3N2O. The zero-order chi connectivity index (χ0) is 14.5. The lowest BCUT2D eigenvalue weighted by atomic mass is 10.1. The van der Waals surface area contributed by atoms with E-state index >= 15 is 0 Å². The van der Waals surface area contributed by atoms with E-state index in [1.54, 1.807) is 24.3 Å². The van der Waals surface area contributed by atoms with Gasteiger partial charge in [-0.2, -0.15) is 9.49 Å². The molecule has 0 unspecified atom stereocenters. The summed E-state index contributed by atoms with van der Waals surface area (Å²) < 4.78 is 44.4. The van der Waals surface area contributed by atoms with Crippen LogP contribution in [0.2, 0.25) is 0 Å². The molecule has 0 amide bonds. The molecule has 0 saturated heterocycles. The Morgan fingerprint density at radius 1 is 1.05 bits per heavy atom. The van der Waals surface area contributed by atoms with Gasteiger partial charge in [-0.25, -0.2) is 8.78 Å². The molecule has 0 heterocycles. The Hall–Kier alpha value is -2.50. The van der Waals surface area contributed by atoms with Crippen molar-refractivity contribution in [3.05, 3.63) is 65.0 Å². The van der Waals surface area contributed by atoms with E-state index in [2.05, 4.69) is 5.10 Å². The molecule has 104 valence electrons. The molecule has 0 aliphatic heterocycles. The first kappa shape index (κ1) is 13.9. The molecular weight excluding hydrogens is 269 g/mol. The highest BCUT2D eigenvalue weighted by molar-refractivity contribution is 5.81. The Bertz CT molecular complexity index is 644. The first-order valence-corrected chi connectivity index (χ1v) is 5.71. The van der Waals surface area contributed by atoms with Crippen LogP contribution < -0.4 is 10.6 Å². The van der Waals surface area contributed by atoms with E-state index in [9.17, 15) is 13.2 Å². The summed E-state index contributed by atoms with van der Waals surface area (Å²) in [7, 11) is 0.